The number of carboxylic acids is 1. The number of carbonyl (C=O) groups is 3. The zero-order valence-electron chi connectivity index (χ0n) is 19.6. The van der Waals surface area contributed by atoms with Crippen LogP contribution in [0.25, 0.3) is 17.4 Å². The summed E-state index contributed by atoms with van der Waals surface area (Å²) in [5, 5.41) is 9.28. The number of hydrogen-bond acceptors (Lipinski definition) is 5. The Morgan fingerprint density at radius 2 is 1.41 bits per heavy atom. The molecule has 5 rings (SSSR count). The molecule has 1 aromatic heterocycles. The van der Waals surface area contributed by atoms with Gasteiger partial charge in [-0.15, -0.1) is 0 Å². The molecular formula is C29H20N2O5S. The van der Waals surface area contributed by atoms with Gasteiger partial charge in [0.1, 0.15) is 17.1 Å². The van der Waals surface area contributed by atoms with E-state index in [1.807, 2.05) is 12.1 Å². The average Bonchev–Trinajstić information content (AvgIpc) is 3.36. The van der Waals surface area contributed by atoms with Gasteiger partial charge in [0, 0.05) is 5.56 Å². The number of rotatable bonds is 5. The number of carbonyl (C=O) groups excluding carboxylic acids is 2. The van der Waals surface area contributed by atoms with Crippen LogP contribution in [0.3, 0.4) is 0 Å². The van der Waals surface area contributed by atoms with Crippen LogP contribution < -0.4 is 9.80 Å². The number of aromatic carboxylic acids is 1. The maximum atomic E-state index is 13.6. The normalized spacial score (nSPS) is 13.8. The van der Waals surface area contributed by atoms with Crippen molar-refractivity contribution in [2.24, 2.45) is 0 Å². The highest BCUT2D eigenvalue weighted by Crippen LogP contribution is 2.31. The Morgan fingerprint density at radius 1 is 0.838 bits per heavy atom. The van der Waals surface area contributed by atoms with Gasteiger partial charge < -0.3 is 9.52 Å². The topological polar surface area (TPSA) is 91.1 Å². The first-order chi connectivity index (χ1) is 17.8. The van der Waals surface area contributed by atoms with E-state index in [1.165, 1.54) is 21.9 Å². The molecule has 2 amide bonds. The number of hydrogen-bond donors (Lipinski definition) is 1. The van der Waals surface area contributed by atoms with Gasteiger partial charge in [-0.3, -0.25) is 19.4 Å². The van der Waals surface area contributed by atoms with Gasteiger partial charge in [-0.1, -0.05) is 42.5 Å². The number of benzene rings is 3. The van der Waals surface area contributed by atoms with Gasteiger partial charge in [-0.2, -0.15) is 0 Å². The third kappa shape index (κ3) is 4.46. The molecule has 182 valence electrons. The zero-order valence-corrected chi connectivity index (χ0v) is 20.4. The largest absolute Gasteiger partial charge is 0.478 e. The minimum absolute atomic E-state index is 0.0545. The van der Waals surface area contributed by atoms with Crippen molar-refractivity contribution in [3.8, 4) is 11.3 Å². The summed E-state index contributed by atoms with van der Waals surface area (Å²) < 4.78 is 5.96. The van der Waals surface area contributed by atoms with Crippen molar-refractivity contribution >= 4 is 52.6 Å². The molecule has 0 atom stereocenters. The van der Waals surface area contributed by atoms with E-state index in [0.29, 0.717) is 34.0 Å². The predicted octanol–water partition coefficient (Wildman–Crippen LogP) is 5.70. The number of anilines is 2. The quantitative estimate of drug-likeness (QED) is 0.211. The molecule has 1 fully saturated rings. The average molecular weight is 509 g/mol. The fourth-order valence-corrected chi connectivity index (χ4v) is 4.51. The Balaban J connectivity index is 1.57. The van der Waals surface area contributed by atoms with E-state index in [-0.39, 0.29) is 16.2 Å². The molecule has 4 aromatic rings. The summed E-state index contributed by atoms with van der Waals surface area (Å²) in [6.45, 7) is 1.78. The van der Waals surface area contributed by atoms with E-state index in [9.17, 15) is 19.5 Å². The van der Waals surface area contributed by atoms with Crippen LogP contribution in [-0.4, -0.2) is 28.0 Å². The second-order valence-electron chi connectivity index (χ2n) is 8.33. The number of nitrogens with zero attached hydrogens (tertiary/aromatic N) is 2. The Kier molecular flexibility index (Phi) is 6.25. The van der Waals surface area contributed by atoms with E-state index in [2.05, 4.69) is 0 Å². The first-order valence-electron chi connectivity index (χ1n) is 11.3. The summed E-state index contributed by atoms with van der Waals surface area (Å²) >= 11 is 5.61. The molecule has 0 saturated carbocycles. The van der Waals surface area contributed by atoms with Crippen molar-refractivity contribution in [1.29, 1.82) is 0 Å². The first kappa shape index (κ1) is 23.9. The third-order valence-corrected chi connectivity index (χ3v) is 6.30. The molecule has 37 heavy (non-hydrogen) atoms. The number of thiocarbonyl (C=S) groups is 1. The third-order valence-electron chi connectivity index (χ3n) is 5.93. The Hall–Kier alpha value is -4.82. The molecular weight excluding hydrogens is 488 g/mol. The van der Waals surface area contributed by atoms with Crippen molar-refractivity contribution < 1.29 is 23.9 Å². The van der Waals surface area contributed by atoms with Gasteiger partial charge in [0.25, 0.3) is 11.8 Å². The van der Waals surface area contributed by atoms with Crippen LogP contribution in [0.5, 0.6) is 0 Å². The number of furan rings is 1. The molecule has 1 aliphatic rings. The van der Waals surface area contributed by atoms with Crippen molar-refractivity contribution in [2.45, 2.75) is 6.92 Å². The lowest BCUT2D eigenvalue weighted by Gasteiger charge is -2.36. The molecule has 1 aliphatic heterocycles. The number of carboxylic acid groups (broad SMARTS) is 1. The van der Waals surface area contributed by atoms with Gasteiger partial charge in [0.15, 0.2) is 5.11 Å². The molecule has 1 N–H and O–H groups in total. The predicted molar refractivity (Wildman–Crippen MR) is 144 cm³/mol. The van der Waals surface area contributed by atoms with Gasteiger partial charge in [-0.25, -0.2) is 4.79 Å². The number of amides is 2. The molecule has 8 heteroatoms. The molecule has 0 bridgehead atoms. The van der Waals surface area contributed by atoms with Crippen molar-refractivity contribution in [2.75, 3.05) is 9.80 Å². The summed E-state index contributed by atoms with van der Waals surface area (Å²) in [4.78, 5) is 41.1. The molecule has 0 radical (unpaired) electrons. The summed E-state index contributed by atoms with van der Waals surface area (Å²) in [6.07, 6.45) is 1.41. The molecule has 2 heterocycles. The summed E-state index contributed by atoms with van der Waals surface area (Å²) in [5.74, 6) is -1.37. The van der Waals surface area contributed by atoms with Crippen LogP contribution in [0.4, 0.5) is 11.4 Å². The van der Waals surface area contributed by atoms with Gasteiger partial charge in [0.05, 0.1) is 16.9 Å². The van der Waals surface area contributed by atoms with Crippen LogP contribution in [0.2, 0.25) is 0 Å². The fraction of sp³-hybridized carbons (Fsp3) is 0.0345. The summed E-state index contributed by atoms with van der Waals surface area (Å²) in [6, 6.07) is 25.9. The lowest BCUT2D eigenvalue weighted by atomic mass is 10.0. The van der Waals surface area contributed by atoms with E-state index in [0.717, 1.165) is 0 Å². The second-order valence-corrected chi connectivity index (χ2v) is 8.69. The van der Waals surface area contributed by atoms with Gasteiger partial charge >= 0.3 is 5.97 Å². The Morgan fingerprint density at radius 3 is 1.92 bits per heavy atom. The maximum absolute atomic E-state index is 13.6. The monoisotopic (exact) mass is 508 g/mol. The maximum Gasteiger partial charge on any atom is 0.335 e. The minimum Gasteiger partial charge on any atom is -0.478 e. The van der Waals surface area contributed by atoms with Crippen LogP contribution in [0, 0.1) is 6.92 Å². The highest BCUT2D eigenvalue weighted by atomic mass is 32.1. The van der Waals surface area contributed by atoms with E-state index >= 15 is 0 Å². The van der Waals surface area contributed by atoms with E-state index in [4.69, 9.17) is 16.6 Å². The molecule has 0 spiro atoms. The highest BCUT2D eigenvalue weighted by molar-refractivity contribution is 7.81. The highest BCUT2D eigenvalue weighted by Gasteiger charge is 2.41. The minimum atomic E-state index is -1.02. The van der Waals surface area contributed by atoms with Crippen LogP contribution in [0.15, 0.2) is 101 Å². The fourth-order valence-electron chi connectivity index (χ4n) is 4.13. The lowest BCUT2D eigenvalue weighted by molar-refractivity contribution is -0.120. The molecule has 7 nitrogen and oxygen atoms in total. The van der Waals surface area contributed by atoms with Gasteiger partial charge in [0.2, 0.25) is 0 Å². The van der Waals surface area contributed by atoms with E-state index < -0.39 is 17.8 Å². The Labute approximate surface area is 217 Å². The SMILES string of the molecule is Cc1cc(C(=O)O)ccc1-c1ccc(C=C2C(=O)N(c3ccccc3)C(=S)N(c3ccccc3)C2=O)o1. The molecule has 0 aliphatic carbocycles. The number of aryl methyl sites for hydroxylation is 1. The molecule has 1 saturated heterocycles. The Bertz CT molecular complexity index is 1510. The molecule has 0 unspecified atom stereocenters. The summed E-state index contributed by atoms with van der Waals surface area (Å²) in [7, 11) is 0. The second kappa shape index (κ2) is 9.67. The molecule has 3 aromatic carbocycles. The van der Waals surface area contributed by atoms with E-state index in [1.54, 1.807) is 79.7 Å². The summed E-state index contributed by atoms with van der Waals surface area (Å²) in [5.41, 5.74) is 2.55. The van der Waals surface area contributed by atoms with Crippen LogP contribution in [0.1, 0.15) is 21.7 Å². The van der Waals surface area contributed by atoms with Crippen LogP contribution in [-0.2, 0) is 9.59 Å². The first-order valence-corrected chi connectivity index (χ1v) is 11.7. The van der Waals surface area contributed by atoms with Crippen molar-refractivity contribution in [3.05, 3.63) is 113 Å². The number of para-hydroxylation sites is 2. The van der Waals surface area contributed by atoms with Crippen molar-refractivity contribution in [1.82, 2.24) is 0 Å². The van der Waals surface area contributed by atoms with Crippen molar-refractivity contribution in [3.63, 3.8) is 0 Å². The smallest absolute Gasteiger partial charge is 0.335 e. The van der Waals surface area contributed by atoms with Gasteiger partial charge in [-0.05, 0) is 79.3 Å². The zero-order chi connectivity index (χ0) is 26.1. The standard InChI is InChI=1S/C29H20N2O5S/c1-18-16-19(28(34)35)12-14-23(18)25-15-13-22(36-25)17-24-26(32)30(20-8-4-2-5-9-20)29(37)31(27(24)33)21-10-6-3-7-11-21/h2-17H,1H3,(H,34,35). The van der Waals surface area contributed by atoms with Crippen LogP contribution >= 0.6 is 12.2 Å². The lowest BCUT2D eigenvalue weighted by Crippen LogP contribution is -2.56.